The quantitative estimate of drug-likeness (QED) is 0.705. The van der Waals surface area contributed by atoms with Crippen LogP contribution in [0.5, 0.6) is 0 Å². The molecule has 8 heteroatoms. The Kier molecular flexibility index (Phi) is 5.35. The highest BCUT2D eigenvalue weighted by Crippen LogP contribution is 2.68. The molecule has 3 saturated carbocycles. The molecule has 7 atom stereocenters. The lowest BCUT2D eigenvalue weighted by Crippen LogP contribution is -2.66. The number of aliphatic hydroxyl groups excluding tert-OH is 1. The fourth-order valence-corrected chi connectivity index (χ4v) is 7.53. The molecule has 0 aromatic carbocycles. The van der Waals surface area contributed by atoms with Gasteiger partial charge in [-0.25, -0.2) is 9.37 Å². The molecule has 0 radical (unpaired) electrons. The van der Waals surface area contributed by atoms with Gasteiger partial charge in [0, 0.05) is 29.6 Å². The van der Waals surface area contributed by atoms with Gasteiger partial charge in [-0.2, -0.15) is 0 Å². The van der Waals surface area contributed by atoms with E-state index in [1.807, 2.05) is 6.92 Å². The number of carbonyl (C=O) groups is 3. The lowest BCUT2D eigenvalue weighted by atomic mass is 9.45. The minimum absolute atomic E-state index is 0.0602. The van der Waals surface area contributed by atoms with E-state index in [9.17, 15) is 19.5 Å². The monoisotopic (exact) mass is 467 g/mol. The molecule has 5 rings (SSSR count). The zero-order chi connectivity index (χ0) is 24.3. The smallest absolute Gasteiger partial charge is 0.271 e. The van der Waals surface area contributed by atoms with Crippen molar-refractivity contribution in [3.05, 3.63) is 48.1 Å². The van der Waals surface area contributed by atoms with Gasteiger partial charge in [-0.1, -0.05) is 18.6 Å². The summed E-state index contributed by atoms with van der Waals surface area (Å²) >= 11 is 0. The van der Waals surface area contributed by atoms with E-state index < -0.39 is 34.4 Å². The largest absolute Gasteiger partial charge is 0.390 e. The van der Waals surface area contributed by atoms with Gasteiger partial charge in [-0.05, 0) is 62.5 Å². The number of hydrogen-bond donors (Lipinski definition) is 2. The minimum Gasteiger partial charge on any atom is -0.390 e. The number of nitrogens with zero attached hydrogens (tertiary/aromatic N) is 2. The highest BCUT2D eigenvalue weighted by molar-refractivity contribution is 6.01. The van der Waals surface area contributed by atoms with Crippen molar-refractivity contribution in [3.63, 3.8) is 0 Å². The Balaban J connectivity index is 1.37. The maximum Gasteiger partial charge on any atom is 0.271 e. The Hall–Kier alpha value is -2.74. The number of amides is 1. The van der Waals surface area contributed by atoms with E-state index in [1.54, 1.807) is 13.0 Å². The number of fused-ring (bicyclic) bond motifs is 5. The van der Waals surface area contributed by atoms with E-state index in [0.29, 0.717) is 25.7 Å². The Morgan fingerprint density at radius 2 is 2.00 bits per heavy atom. The van der Waals surface area contributed by atoms with Crippen LogP contribution >= 0.6 is 0 Å². The van der Waals surface area contributed by atoms with Crippen LogP contribution in [0.25, 0.3) is 0 Å². The summed E-state index contributed by atoms with van der Waals surface area (Å²) in [5.74, 6) is -1.55. The van der Waals surface area contributed by atoms with Crippen LogP contribution in [-0.2, 0) is 9.59 Å². The maximum atomic E-state index is 17.0. The summed E-state index contributed by atoms with van der Waals surface area (Å²) in [6, 6.07) is 0. The van der Waals surface area contributed by atoms with Gasteiger partial charge in [0.1, 0.15) is 5.69 Å². The highest BCUT2D eigenvalue weighted by Gasteiger charge is 2.70. The van der Waals surface area contributed by atoms with Crippen LogP contribution in [0.4, 0.5) is 4.39 Å². The number of halogens is 1. The third-order valence-corrected chi connectivity index (χ3v) is 9.25. The standard InChI is InChI=1S/C26H30FN3O4/c1-24-12-22(33)26(27)18(4-3-15-11-16(31)7-8-25(15,26)2)17(24)5-6-19(24)21(32)14-30-23(34)20-13-28-9-10-29-20/h7-11,13,17-19,22,33H,3-6,12,14H2,1-2H3,(H,30,34)/t17?,18?,19?,22-,24?,25?,26-/m0/s1. The summed E-state index contributed by atoms with van der Waals surface area (Å²) in [6.07, 6.45) is 10.2. The highest BCUT2D eigenvalue weighted by atomic mass is 19.1. The molecule has 7 nitrogen and oxygen atoms in total. The maximum absolute atomic E-state index is 17.0. The average molecular weight is 468 g/mol. The fraction of sp³-hybridized carbons (Fsp3) is 0.577. The Morgan fingerprint density at radius 3 is 2.74 bits per heavy atom. The van der Waals surface area contributed by atoms with Crippen molar-refractivity contribution in [1.29, 1.82) is 0 Å². The molecular formula is C26H30FN3O4. The van der Waals surface area contributed by atoms with Gasteiger partial charge in [0.2, 0.25) is 0 Å². The second-order valence-corrected chi connectivity index (χ2v) is 10.7. The van der Waals surface area contributed by atoms with Gasteiger partial charge in [0.05, 0.1) is 18.8 Å². The van der Waals surface area contributed by atoms with Crippen LogP contribution in [0, 0.1) is 28.6 Å². The number of alkyl halides is 1. The summed E-state index contributed by atoms with van der Waals surface area (Å²) in [7, 11) is 0. The van der Waals surface area contributed by atoms with E-state index in [2.05, 4.69) is 15.3 Å². The third kappa shape index (κ3) is 3.14. The molecule has 2 N–H and O–H groups in total. The molecule has 0 spiro atoms. The Bertz CT molecular complexity index is 1100. The Labute approximate surface area is 197 Å². The van der Waals surface area contributed by atoms with E-state index in [1.165, 1.54) is 30.7 Å². The van der Waals surface area contributed by atoms with Crippen LogP contribution in [0.3, 0.4) is 0 Å². The van der Waals surface area contributed by atoms with Gasteiger partial charge in [-0.15, -0.1) is 0 Å². The first-order valence-corrected chi connectivity index (χ1v) is 12.0. The van der Waals surface area contributed by atoms with E-state index >= 15 is 4.39 Å². The summed E-state index contributed by atoms with van der Waals surface area (Å²) in [6.45, 7) is 3.65. The predicted molar refractivity (Wildman–Crippen MR) is 121 cm³/mol. The average Bonchev–Trinajstić information content (AvgIpc) is 3.16. The summed E-state index contributed by atoms with van der Waals surface area (Å²) < 4.78 is 17.0. The third-order valence-electron chi connectivity index (χ3n) is 9.25. The summed E-state index contributed by atoms with van der Waals surface area (Å²) in [5, 5.41) is 13.9. The van der Waals surface area contributed by atoms with Crippen molar-refractivity contribution in [2.24, 2.45) is 28.6 Å². The number of ketones is 2. The van der Waals surface area contributed by atoms with Gasteiger partial charge < -0.3 is 10.4 Å². The number of Topliss-reactive ketones (excluding diaryl/α,β-unsaturated/α-hetero) is 1. The molecule has 1 heterocycles. The molecule has 3 fully saturated rings. The van der Waals surface area contributed by atoms with Crippen molar-refractivity contribution in [2.45, 2.75) is 57.7 Å². The van der Waals surface area contributed by atoms with Crippen molar-refractivity contribution < 1.29 is 23.9 Å². The van der Waals surface area contributed by atoms with E-state index in [-0.39, 0.29) is 42.1 Å². The summed E-state index contributed by atoms with van der Waals surface area (Å²) in [4.78, 5) is 45.3. The van der Waals surface area contributed by atoms with Crippen LogP contribution in [0.15, 0.2) is 42.4 Å². The second-order valence-electron chi connectivity index (χ2n) is 10.7. The molecule has 1 aromatic heterocycles. The van der Waals surface area contributed by atoms with Gasteiger partial charge >= 0.3 is 0 Å². The number of carbonyl (C=O) groups excluding carboxylic acids is 3. The van der Waals surface area contributed by atoms with Crippen molar-refractivity contribution >= 4 is 17.5 Å². The molecule has 0 aliphatic heterocycles. The first-order valence-electron chi connectivity index (χ1n) is 12.0. The molecule has 5 unspecified atom stereocenters. The van der Waals surface area contributed by atoms with Gasteiger partial charge in [-0.3, -0.25) is 19.4 Å². The summed E-state index contributed by atoms with van der Waals surface area (Å²) in [5.41, 5.74) is -2.59. The second kappa shape index (κ2) is 7.90. The normalized spacial score (nSPS) is 40.6. The SMILES string of the molecule is CC12C[C@H](O)[C@@]3(F)C(CCC4=CC(=O)C=CC43C)C1CCC2C(=O)CNC(=O)c1cnccn1. The first kappa shape index (κ1) is 23.0. The topological polar surface area (TPSA) is 109 Å². The minimum atomic E-state index is -1.89. The van der Waals surface area contributed by atoms with E-state index in [4.69, 9.17) is 0 Å². The number of rotatable bonds is 4. The van der Waals surface area contributed by atoms with Crippen molar-refractivity contribution in [2.75, 3.05) is 6.54 Å². The molecule has 4 aliphatic carbocycles. The fourth-order valence-electron chi connectivity index (χ4n) is 7.53. The zero-order valence-electron chi connectivity index (χ0n) is 19.5. The van der Waals surface area contributed by atoms with E-state index in [0.717, 1.165) is 5.57 Å². The molecule has 1 amide bonds. The molecule has 0 saturated heterocycles. The lowest BCUT2D eigenvalue weighted by molar-refractivity contribution is -0.195. The van der Waals surface area contributed by atoms with Crippen molar-refractivity contribution in [3.8, 4) is 0 Å². The predicted octanol–water partition coefficient (Wildman–Crippen LogP) is 2.76. The molecule has 4 aliphatic rings. The molecule has 180 valence electrons. The van der Waals surface area contributed by atoms with Crippen LogP contribution in [0.2, 0.25) is 0 Å². The number of allylic oxidation sites excluding steroid dienone is 4. The molecule has 0 bridgehead atoms. The molecule has 34 heavy (non-hydrogen) atoms. The van der Waals surface area contributed by atoms with Crippen LogP contribution < -0.4 is 5.32 Å². The van der Waals surface area contributed by atoms with Crippen molar-refractivity contribution in [1.82, 2.24) is 15.3 Å². The number of aliphatic hydroxyl groups is 1. The first-order chi connectivity index (χ1) is 16.1. The van der Waals surface area contributed by atoms with Gasteiger partial charge in [0.15, 0.2) is 17.2 Å². The van der Waals surface area contributed by atoms with Crippen LogP contribution in [0.1, 0.15) is 56.4 Å². The molecular weight excluding hydrogens is 437 g/mol. The zero-order valence-corrected chi connectivity index (χ0v) is 19.5. The van der Waals surface area contributed by atoms with Gasteiger partial charge in [0.25, 0.3) is 5.91 Å². The molecule has 1 aromatic rings. The number of hydrogen-bond acceptors (Lipinski definition) is 6. The number of aromatic nitrogens is 2. The lowest BCUT2D eigenvalue weighted by Gasteiger charge is -2.62. The Morgan fingerprint density at radius 1 is 1.21 bits per heavy atom. The van der Waals surface area contributed by atoms with Crippen LogP contribution in [-0.4, -0.2) is 50.9 Å². The number of nitrogens with one attached hydrogen (secondary N) is 1.